The van der Waals surface area contributed by atoms with Crippen LogP contribution >= 0.6 is 0 Å². The third-order valence-corrected chi connectivity index (χ3v) is 3.39. The van der Waals surface area contributed by atoms with E-state index in [0.717, 1.165) is 5.56 Å². The maximum atomic E-state index is 13.6. The largest absolute Gasteiger partial charge is 0.455 e. The van der Waals surface area contributed by atoms with Crippen LogP contribution in [0.3, 0.4) is 0 Å². The van der Waals surface area contributed by atoms with Crippen molar-refractivity contribution in [2.45, 2.75) is 6.92 Å². The number of halogens is 1. The second kappa shape index (κ2) is 4.63. The fourth-order valence-electron chi connectivity index (χ4n) is 2.24. The normalized spacial score (nSPS) is 11.0. The highest BCUT2D eigenvalue weighted by Crippen LogP contribution is 2.28. The van der Waals surface area contributed by atoms with Crippen LogP contribution in [-0.4, -0.2) is 0 Å². The highest BCUT2D eigenvalue weighted by Gasteiger charge is 2.12. The van der Waals surface area contributed by atoms with E-state index in [1.54, 1.807) is 18.2 Å². The van der Waals surface area contributed by atoms with E-state index in [1.807, 2.05) is 6.92 Å². The number of anilines is 2. The molecule has 3 aromatic rings. The fraction of sp³-hybridized carbons (Fsp3) is 0.0625. The Balaban J connectivity index is 2.32. The summed E-state index contributed by atoms with van der Waals surface area (Å²) >= 11 is 0. The van der Waals surface area contributed by atoms with Gasteiger partial charge in [0.05, 0.1) is 11.1 Å². The molecular weight excluding hydrogens is 271 g/mol. The van der Waals surface area contributed by atoms with Gasteiger partial charge in [-0.15, -0.1) is 0 Å². The second-order valence-electron chi connectivity index (χ2n) is 4.89. The van der Waals surface area contributed by atoms with Crippen molar-refractivity contribution in [3.8, 4) is 11.3 Å². The first-order valence-electron chi connectivity index (χ1n) is 6.35. The van der Waals surface area contributed by atoms with Gasteiger partial charge in [-0.05, 0) is 36.8 Å². The third kappa shape index (κ3) is 2.12. The predicted molar refractivity (Wildman–Crippen MR) is 81.4 cm³/mol. The summed E-state index contributed by atoms with van der Waals surface area (Å²) in [5.74, 6) is -0.278. The van der Waals surface area contributed by atoms with E-state index in [4.69, 9.17) is 15.9 Å². The van der Waals surface area contributed by atoms with Gasteiger partial charge in [0.25, 0.3) is 0 Å². The van der Waals surface area contributed by atoms with Gasteiger partial charge in [-0.25, -0.2) is 4.39 Å². The van der Waals surface area contributed by atoms with Crippen LogP contribution in [0.4, 0.5) is 15.8 Å². The van der Waals surface area contributed by atoms with Crippen LogP contribution < -0.4 is 16.9 Å². The highest BCUT2D eigenvalue weighted by atomic mass is 19.1. The number of hydrogen-bond donors (Lipinski definition) is 2. The molecule has 1 heterocycles. The Morgan fingerprint density at radius 2 is 1.76 bits per heavy atom. The molecule has 3 rings (SSSR count). The van der Waals surface area contributed by atoms with Crippen molar-refractivity contribution in [3.63, 3.8) is 0 Å². The van der Waals surface area contributed by atoms with Crippen molar-refractivity contribution in [2.24, 2.45) is 0 Å². The number of aryl methyl sites for hydroxylation is 1. The first-order valence-corrected chi connectivity index (χ1v) is 6.35. The molecule has 1 aromatic heterocycles. The fourth-order valence-corrected chi connectivity index (χ4v) is 2.24. The van der Waals surface area contributed by atoms with Gasteiger partial charge in [0.1, 0.15) is 17.2 Å². The number of benzene rings is 2. The van der Waals surface area contributed by atoms with Gasteiger partial charge in [0, 0.05) is 17.3 Å². The smallest absolute Gasteiger partial charge is 0.195 e. The van der Waals surface area contributed by atoms with Crippen molar-refractivity contribution in [2.75, 3.05) is 11.5 Å². The van der Waals surface area contributed by atoms with E-state index in [0.29, 0.717) is 22.2 Å². The Hall–Kier alpha value is -2.82. The summed E-state index contributed by atoms with van der Waals surface area (Å²) in [6.07, 6.45) is 0. The molecule has 5 heteroatoms. The molecule has 0 aliphatic rings. The Morgan fingerprint density at radius 3 is 2.48 bits per heavy atom. The van der Waals surface area contributed by atoms with E-state index in [-0.39, 0.29) is 16.9 Å². The van der Waals surface area contributed by atoms with Crippen LogP contribution in [0.2, 0.25) is 0 Å². The van der Waals surface area contributed by atoms with Gasteiger partial charge < -0.3 is 15.9 Å². The minimum atomic E-state index is -0.556. The number of nitrogens with two attached hydrogens (primary N) is 2. The van der Waals surface area contributed by atoms with Crippen molar-refractivity contribution in [1.82, 2.24) is 0 Å². The summed E-state index contributed by atoms with van der Waals surface area (Å²) in [4.78, 5) is 12.2. The third-order valence-electron chi connectivity index (χ3n) is 3.39. The van der Waals surface area contributed by atoms with E-state index >= 15 is 0 Å². The zero-order valence-corrected chi connectivity index (χ0v) is 11.3. The number of nitrogen functional groups attached to an aromatic ring is 2. The Kier molecular flexibility index (Phi) is 2.90. The van der Waals surface area contributed by atoms with E-state index in [1.165, 1.54) is 18.2 Å². The first kappa shape index (κ1) is 13.2. The zero-order chi connectivity index (χ0) is 15.1. The van der Waals surface area contributed by atoms with E-state index in [2.05, 4.69) is 0 Å². The minimum Gasteiger partial charge on any atom is -0.455 e. The Bertz CT molecular complexity index is 916. The molecule has 4 nitrogen and oxygen atoms in total. The molecule has 0 spiro atoms. The van der Waals surface area contributed by atoms with Crippen molar-refractivity contribution < 1.29 is 8.81 Å². The van der Waals surface area contributed by atoms with Crippen molar-refractivity contribution >= 4 is 22.3 Å². The topological polar surface area (TPSA) is 82.2 Å². The van der Waals surface area contributed by atoms with Crippen LogP contribution in [0.15, 0.2) is 45.6 Å². The number of fused-ring (bicyclic) bond motifs is 1. The molecule has 0 fully saturated rings. The molecule has 0 amide bonds. The van der Waals surface area contributed by atoms with Gasteiger partial charge in [0.15, 0.2) is 5.43 Å². The average molecular weight is 284 g/mol. The summed E-state index contributed by atoms with van der Waals surface area (Å²) in [6.45, 7) is 1.82. The van der Waals surface area contributed by atoms with Gasteiger partial charge >= 0.3 is 0 Å². The van der Waals surface area contributed by atoms with E-state index < -0.39 is 5.82 Å². The molecule has 0 atom stereocenters. The lowest BCUT2D eigenvalue weighted by Crippen LogP contribution is -2.05. The van der Waals surface area contributed by atoms with Crippen molar-refractivity contribution in [1.29, 1.82) is 0 Å². The highest BCUT2D eigenvalue weighted by molar-refractivity contribution is 5.91. The molecule has 0 aliphatic heterocycles. The Morgan fingerprint density at radius 1 is 1.05 bits per heavy atom. The monoisotopic (exact) mass is 284 g/mol. The van der Waals surface area contributed by atoms with Crippen molar-refractivity contribution in [3.05, 3.63) is 58.0 Å². The molecule has 2 aromatic carbocycles. The van der Waals surface area contributed by atoms with Crippen LogP contribution in [0.1, 0.15) is 5.56 Å². The lowest BCUT2D eigenvalue weighted by atomic mass is 10.1. The summed E-state index contributed by atoms with van der Waals surface area (Å²) in [7, 11) is 0. The lowest BCUT2D eigenvalue weighted by Gasteiger charge is -2.07. The Labute approximate surface area is 119 Å². The van der Waals surface area contributed by atoms with Crippen LogP contribution in [-0.2, 0) is 0 Å². The van der Waals surface area contributed by atoms with E-state index in [9.17, 15) is 9.18 Å². The quantitative estimate of drug-likeness (QED) is 0.673. The molecule has 0 bridgehead atoms. The van der Waals surface area contributed by atoms with Gasteiger partial charge in [-0.1, -0.05) is 6.07 Å². The number of rotatable bonds is 1. The molecule has 106 valence electrons. The molecular formula is C16H13FN2O2. The van der Waals surface area contributed by atoms with Gasteiger partial charge in [0.2, 0.25) is 0 Å². The first-order chi connectivity index (χ1) is 9.97. The lowest BCUT2D eigenvalue weighted by molar-refractivity contribution is 0.610. The molecule has 21 heavy (non-hydrogen) atoms. The predicted octanol–water partition coefficient (Wildman–Crippen LogP) is 3.07. The van der Waals surface area contributed by atoms with Gasteiger partial charge in [-0.3, -0.25) is 4.79 Å². The minimum absolute atomic E-state index is 0.0438. The molecule has 0 saturated carbocycles. The average Bonchev–Trinajstić information content (AvgIpc) is 2.45. The van der Waals surface area contributed by atoms with Crippen LogP contribution in [0.25, 0.3) is 22.3 Å². The summed E-state index contributed by atoms with van der Waals surface area (Å²) in [6, 6.07) is 9.01. The molecule has 0 unspecified atom stereocenters. The van der Waals surface area contributed by atoms with Crippen LogP contribution in [0.5, 0.6) is 0 Å². The standard InChI is InChI=1S/C16H13FN2O2/c1-8-2-4-12(19)15-13(20)7-14(21-16(8)15)9-3-5-11(18)10(17)6-9/h2-7H,18-19H2,1H3. The maximum absolute atomic E-state index is 13.6. The molecule has 0 radical (unpaired) electrons. The molecule has 4 N–H and O–H groups in total. The summed E-state index contributed by atoms with van der Waals surface area (Å²) < 4.78 is 19.3. The summed E-state index contributed by atoms with van der Waals surface area (Å²) in [5.41, 5.74) is 13.1. The summed E-state index contributed by atoms with van der Waals surface area (Å²) in [5, 5.41) is 0.342. The van der Waals surface area contributed by atoms with Gasteiger partial charge in [-0.2, -0.15) is 0 Å². The molecule has 0 saturated heterocycles. The molecule has 0 aliphatic carbocycles. The van der Waals surface area contributed by atoms with Crippen LogP contribution in [0, 0.1) is 12.7 Å². The maximum Gasteiger partial charge on any atom is 0.195 e. The zero-order valence-electron chi connectivity index (χ0n) is 11.3. The number of hydrogen-bond acceptors (Lipinski definition) is 4. The second-order valence-corrected chi connectivity index (χ2v) is 4.89. The SMILES string of the molecule is Cc1ccc(N)c2c(=O)cc(-c3ccc(N)c(F)c3)oc12.